The Morgan fingerprint density at radius 2 is 0.786 bits per heavy atom. The monoisotopic (exact) mass is 394 g/mol. The molecule has 0 aliphatic carbocycles. The van der Waals surface area contributed by atoms with Gasteiger partial charge >= 0.3 is 0 Å². The molecule has 2 nitrogen and oxygen atoms in total. The van der Waals surface area contributed by atoms with Crippen LogP contribution in [0.25, 0.3) is 0 Å². The standard InChI is InChI=1S/C26H54N2/c1-21(2)25(9,10)17-23(5,6)19-27-13-15-28(16-14-27)20-24(7,8)18-26(11,12)22(3)4/h21-22H,13-20H2,1-12H3. The van der Waals surface area contributed by atoms with Crippen molar-refractivity contribution >= 4 is 0 Å². The van der Waals surface area contributed by atoms with Gasteiger partial charge in [-0.1, -0.05) is 83.1 Å². The predicted molar refractivity (Wildman–Crippen MR) is 127 cm³/mol. The average molecular weight is 395 g/mol. The van der Waals surface area contributed by atoms with Crippen molar-refractivity contribution < 1.29 is 0 Å². The highest BCUT2D eigenvalue weighted by atomic mass is 15.3. The molecular weight excluding hydrogens is 340 g/mol. The summed E-state index contributed by atoms with van der Waals surface area (Å²) in [5, 5.41) is 0. The first kappa shape index (κ1) is 26.0. The molecule has 0 aromatic carbocycles. The molecule has 1 saturated heterocycles. The van der Waals surface area contributed by atoms with E-state index in [-0.39, 0.29) is 0 Å². The van der Waals surface area contributed by atoms with Gasteiger partial charge in [0.2, 0.25) is 0 Å². The minimum absolute atomic E-state index is 0.385. The molecule has 2 heteroatoms. The molecule has 0 amide bonds. The van der Waals surface area contributed by atoms with Gasteiger partial charge in [-0.2, -0.15) is 0 Å². The van der Waals surface area contributed by atoms with E-state index in [1.807, 2.05) is 0 Å². The van der Waals surface area contributed by atoms with Crippen LogP contribution in [0.4, 0.5) is 0 Å². The van der Waals surface area contributed by atoms with Crippen molar-refractivity contribution in [1.82, 2.24) is 9.80 Å². The third kappa shape index (κ3) is 8.34. The highest BCUT2D eigenvalue weighted by Crippen LogP contribution is 2.41. The normalized spacial score (nSPS) is 19.1. The largest absolute Gasteiger partial charge is 0.300 e. The van der Waals surface area contributed by atoms with Crippen LogP contribution in [0, 0.1) is 33.5 Å². The number of rotatable bonds is 10. The Bertz CT molecular complexity index is 419. The Hall–Kier alpha value is -0.0800. The van der Waals surface area contributed by atoms with E-state index >= 15 is 0 Å². The average Bonchev–Trinajstić information content (AvgIpc) is 2.46. The van der Waals surface area contributed by atoms with E-state index in [9.17, 15) is 0 Å². The maximum absolute atomic E-state index is 2.72. The van der Waals surface area contributed by atoms with Gasteiger partial charge in [-0.25, -0.2) is 0 Å². The van der Waals surface area contributed by atoms with E-state index in [0.717, 1.165) is 11.8 Å². The van der Waals surface area contributed by atoms with Gasteiger partial charge in [-0.15, -0.1) is 0 Å². The summed E-state index contributed by atoms with van der Waals surface area (Å²) < 4.78 is 0. The quantitative estimate of drug-likeness (QED) is 0.402. The van der Waals surface area contributed by atoms with Crippen LogP contribution in [0.1, 0.15) is 95.9 Å². The van der Waals surface area contributed by atoms with Crippen LogP contribution < -0.4 is 0 Å². The van der Waals surface area contributed by atoms with E-state index in [4.69, 9.17) is 0 Å². The van der Waals surface area contributed by atoms with Gasteiger partial charge < -0.3 is 9.80 Å². The molecular formula is C26H54N2. The van der Waals surface area contributed by atoms with Gasteiger partial charge in [-0.3, -0.25) is 0 Å². The minimum Gasteiger partial charge on any atom is -0.300 e. The first-order valence-electron chi connectivity index (χ1n) is 11.9. The minimum atomic E-state index is 0.385. The molecule has 0 bridgehead atoms. The van der Waals surface area contributed by atoms with Crippen LogP contribution in [0.3, 0.4) is 0 Å². The molecule has 0 unspecified atom stereocenters. The Morgan fingerprint density at radius 1 is 0.536 bits per heavy atom. The van der Waals surface area contributed by atoms with Crippen molar-refractivity contribution in [2.45, 2.75) is 95.9 Å². The molecule has 1 aliphatic rings. The summed E-state index contributed by atoms with van der Waals surface area (Å²) >= 11 is 0. The molecule has 0 saturated carbocycles. The summed E-state index contributed by atoms with van der Waals surface area (Å²) in [6.07, 6.45) is 2.60. The van der Waals surface area contributed by atoms with Crippen molar-refractivity contribution in [3.63, 3.8) is 0 Å². The summed E-state index contributed by atoms with van der Waals surface area (Å²) in [4.78, 5) is 5.44. The number of piperazine rings is 1. The molecule has 0 radical (unpaired) electrons. The smallest absolute Gasteiger partial charge is 0.0110 e. The third-order valence-electron chi connectivity index (χ3n) is 7.76. The maximum atomic E-state index is 2.72. The molecule has 28 heavy (non-hydrogen) atoms. The van der Waals surface area contributed by atoms with Gasteiger partial charge in [-0.05, 0) is 46.3 Å². The lowest BCUT2D eigenvalue weighted by atomic mass is 9.69. The Morgan fingerprint density at radius 3 is 1.00 bits per heavy atom. The molecule has 1 rings (SSSR count). The summed E-state index contributed by atoms with van der Waals surface area (Å²) in [7, 11) is 0. The van der Waals surface area contributed by atoms with Gasteiger partial charge in [0.25, 0.3) is 0 Å². The van der Waals surface area contributed by atoms with Crippen LogP contribution in [-0.2, 0) is 0 Å². The van der Waals surface area contributed by atoms with Crippen molar-refractivity contribution in [2.75, 3.05) is 39.3 Å². The fourth-order valence-electron chi connectivity index (χ4n) is 5.30. The third-order valence-corrected chi connectivity index (χ3v) is 7.76. The molecule has 0 N–H and O–H groups in total. The van der Waals surface area contributed by atoms with E-state index in [0.29, 0.717) is 21.7 Å². The van der Waals surface area contributed by atoms with Gasteiger partial charge in [0, 0.05) is 39.3 Å². The van der Waals surface area contributed by atoms with Crippen molar-refractivity contribution in [1.29, 1.82) is 0 Å². The van der Waals surface area contributed by atoms with Crippen LogP contribution in [0.2, 0.25) is 0 Å². The van der Waals surface area contributed by atoms with Crippen molar-refractivity contribution in [2.24, 2.45) is 33.5 Å². The van der Waals surface area contributed by atoms with Crippen LogP contribution in [0.15, 0.2) is 0 Å². The summed E-state index contributed by atoms with van der Waals surface area (Å²) in [5.74, 6) is 1.47. The van der Waals surface area contributed by atoms with Crippen molar-refractivity contribution in [3.05, 3.63) is 0 Å². The van der Waals surface area contributed by atoms with E-state index in [1.54, 1.807) is 0 Å². The SMILES string of the molecule is CC(C)C(C)(C)CC(C)(C)CN1CCN(CC(C)(C)CC(C)(C)C(C)C)CC1. The molecule has 0 aromatic rings. The van der Waals surface area contributed by atoms with Gasteiger partial charge in [0.1, 0.15) is 0 Å². The van der Waals surface area contributed by atoms with E-state index in [1.165, 1.54) is 52.1 Å². The Kier molecular flexibility index (Phi) is 8.69. The molecule has 0 spiro atoms. The van der Waals surface area contributed by atoms with Gasteiger partial charge in [0.15, 0.2) is 0 Å². The molecule has 1 heterocycles. The molecule has 168 valence electrons. The zero-order chi connectivity index (χ0) is 22.0. The fourth-order valence-corrected chi connectivity index (χ4v) is 5.30. The van der Waals surface area contributed by atoms with Crippen molar-refractivity contribution in [3.8, 4) is 0 Å². The van der Waals surface area contributed by atoms with E-state index < -0.39 is 0 Å². The maximum Gasteiger partial charge on any atom is 0.0110 e. The zero-order valence-corrected chi connectivity index (χ0v) is 21.7. The molecule has 0 atom stereocenters. The first-order chi connectivity index (χ1) is 12.5. The number of hydrogen-bond donors (Lipinski definition) is 0. The Labute approximate surface area is 178 Å². The molecule has 0 aromatic heterocycles. The highest BCUT2D eigenvalue weighted by Gasteiger charge is 2.35. The fraction of sp³-hybridized carbons (Fsp3) is 1.00. The number of nitrogens with zero attached hydrogens (tertiary/aromatic N) is 2. The van der Waals surface area contributed by atoms with Crippen LogP contribution in [0.5, 0.6) is 0 Å². The highest BCUT2D eigenvalue weighted by molar-refractivity contribution is 4.87. The van der Waals surface area contributed by atoms with E-state index in [2.05, 4.69) is 92.9 Å². The second kappa shape index (κ2) is 9.38. The second-order valence-corrected chi connectivity index (χ2v) is 13.5. The first-order valence-corrected chi connectivity index (χ1v) is 11.9. The lowest BCUT2D eigenvalue weighted by Gasteiger charge is -2.45. The Balaban J connectivity index is 2.52. The second-order valence-electron chi connectivity index (χ2n) is 13.5. The molecule has 1 aliphatic heterocycles. The lowest BCUT2D eigenvalue weighted by Crippen LogP contribution is -2.51. The summed E-state index contributed by atoms with van der Waals surface area (Å²) in [5.41, 5.74) is 1.60. The zero-order valence-electron chi connectivity index (χ0n) is 21.7. The topological polar surface area (TPSA) is 6.48 Å². The summed E-state index contributed by atoms with van der Waals surface area (Å²) in [6, 6.07) is 0. The lowest BCUT2D eigenvalue weighted by molar-refractivity contribution is 0.0393. The number of hydrogen-bond acceptors (Lipinski definition) is 2. The molecule has 1 fully saturated rings. The van der Waals surface area contributed by atoms with Gasteiger partial charge in [0.05, 0.1) is 0 Å². The predicted octanol–water partition coefficient (Wildman–Crippen LogP) is 6.80. The summed E-state index contributed by atoms with van der Waals surface area (Å²) in [6.45, 7) is 36.5. The van der Waals surface area contributed by atoms with Crippen LogP contribution in [-0.4, -0.2) is 49.1 Å². The van der Waals surface area contributed by atoms with Crippen LogP contribution >= 0.6 is 0 Å².